The van der Waals surface area contributed by atoms with Gasteiger partial charge < -0.3 is 9.64 Å². The molecule has 0 N–H and O–H groups in total. The van der Waals surface area contributed by atoms with Gasteiger partial charge in [0.05, 0.1) is 0 Å². The lowest BCUT2D eigenvalue weighted by molar-refractivity contribution is -0.134. The number of carbonyl (C=O) groups excluding carboxylic acids is 1. The topological polar surface area (TPSA) is 32.8 Å². The van der Waals surface area contributed by atoms with E-state index in [-0.39, 0.29) is 0 Å². The normalized spacial score (nSPS) is 19.6. The zero-order valence-electron chi connectivity index (χ0n) is 12.8. The highest BCUT2D eigenvalue weighted by molar-refractivity contribution is 5.81. The van der Waals surface area contributed by atoms with Gasteiger partial charge in [-0.2, -0.15) is 0 Å². The van der Waals surface area contributed by atoms with Crippen molar-refractivity contribution in [1.29, 1.82) is 0 Å². The van der Waals surface area contributed by atoms with Crippen LogP contribution >= 0.6 is 0 Å². The molecule has 1 aliphatic carbocycles. The molecule has 21 heavy (non-hydrogen) atoms. The molecular weight excluding hydrogens is 264 g/mol. The summed E-state index contributed by atoms with van der Waals surface area (Å²) in [7, 11) is 0. The number of hydrogen-bond acceptors (Lipinski definition) is 3. The first-order valence-corrected chi connectivity index (χ1v) is 7.93. The molecule has 4 nitrogen and oxygen atoms in total. The van der Waals surface area contributed by atoms with Gasteiger partial charge in [-0.05, 0) is 31.9 Å². The standard InChI is InChI=1S/C17H24N2O2/c1-14-2-6-16(7-3-14)21-13-12-18-8-10-19(11-9-18)17(20)15-4-5-15/h2-3,6-7,15H,4-5,8-13H2,1H3. The van der Waals surface area contributed by atoms with Crippen molar-refractivity contribution in [3.05, 3.63) is 29.8 Å². The van der Waals surface area contributed by atoms with Crippen molar-refractivity contribution in [3.63, 3.8) is 0 Å². The van der Waals surface area contributed by atoms with Crippen molar-refractivity contribution in [3.8, 4) is 5.75 Å². The molecule has 2 aliphatic rings. The van der Waals surface area contributed by atoms with Gasteiger partial charge in [-0.3, -0.25) is 9.69 Å². The van der Waals surface area contributed by atoms with Gasteiger partial charge in [0.15, 0.2) is 0 Å². The van der Waals surface area contributed by atoms with Crippen LogP contribution < -0.4 is 4.74 Å². The van der Waals surface area contributed by atoms with Crippen LogP contribution in [0.3, 0.4) is 0 Å². The summed E-state index contributed by atoms with van der Waals surface area (Å²) in [4.78, 5) is 16.4. The highest BCUT2D eigenvalue weighted by atomic mass is 16.5. The Balaban J connectivity index is 1.35. The monoisotopic (exact) mass is 288 g/mol. The fourth-order valence-electron chi connectivity index (χ4n) is 2.71. The Hall–Kier alpha value is -1.55. The minimum absolute atomic E-state index is 0.349. The second-order valence-electron chi connectivity index (χ2n) is 6.10. The van der Waals surface area contributed by atoms with Gasteiger partial charge in [-0.25, -0.2) is 0 Å². The highest BCUT2D eigenvalue weighted by Crippen LogP contribution is 2.31. The average molecular weight is 288 g/mol. The lowest BCUT2D eigenvalue weighted by Gasteiger charge is -2.34. The first-order chi connectivity index (χ1) is 10.2. The molecule has 1 saturated carbocycles. The van der Waals surface area contributed by atoms with Gasteiger partial charge in [0.25, 0.3) is 0 Å². The van der Waals surface area contributed by atoms with Gasteiger partial charge in [0.2, 0.25) is 5.91 Å². The Kier molecular flexibility index (Phi) is 4.44. The van der Waals surface area contributed by atoms with Crippen molar-refractivity contribution in [2.75, 3.05) is 39.3 Å². The van der Waals surface area contributed by atoms with Gasteiger partial charge >= 0.3 is 0 Å². The van der Waals surface area contributed by atoms with E-state index in [0.29, 0.717) is 18.4 Å². The Morgan fingerprint density at radius 1 is 1.14 bits per heavy atom. The van der Waals surface area contributed by atoms with Crippen LogP contribution in [0.2, 0.25) is 0 Å². The molecule has 114 valence electrons. The molecule has 1 heterocycles. The highest BCUT2D eigenvalue weighted by Gasteiger charge is 2.34. The number of benzene rings is 1. The third kappa shape index (κ3) is 3.97. The Bertz CT molecular complexity index is 474. The van der Waals surface area contributed by atoms with Gasteiger partial charge in [0, 0.05) is 38.6 Å². The maximum atomic E-state index is 12.0. The smallest absolute Gasteiger partial charge is 0.225 e. The van der Waals surface area contributed by atoms with Crippen LogP contribution in [0.15, 0.2) is 24.3 Å². The summed E-state index contributed by atoms with van der Waals surface area (Å²) in [5.74, 6) is 1.66. The lowest BCUT2D eigenvalue weighted by Crippen LogP contribution is -2.50. The van der Waals surface area contributed by atoms with E-state index in [2.05, 4.69) is 24.0 Å². The molecule has 1 aromatic rings. The van der Waals surface area contributed by atoms with E-state index in [1.54, 1.807) is 0 Å². The number of carbonyl (C=O) groups is 1. The summed E-state index contributed by atoms with van der Waals surface area (Å²) < 4.78 is 5.76. The molecule has 0 unspecified atom stereocenters. The number of piperazine rings is 1. The van der Waals surface area contributed by atoms with Crippen LogP contribution in [0, 0.1) is 12.8 Å². The van der Waals surface area contributed by atoms with Crippen molar-refractivity contribution >= 4 is 5.91 Å². The minimum Gasteiger partial charge on any atom is -0.492 e. The van der Waals surface area contributed by atoms with Crippen LogP contribution in [0.5, 0.6) is 5.75 Å². The molecule has 1 aliphatic heterocycles. The van der Waals surface area contributed by atoms with Gasteiger partial charge in [-0.15, -0.1) is 0 Å². The van der Waals surface area contributed by atoms with E-state index in [4.69, 9.17) is 4.74 Å². The SMILES string of the molecule is Cc1ccc(OCCN2CCN(C(=O)C3CC3)CC2)cc1. The molecule has 0 spiro atoms. The third-order valence-corrected chi connectivity index (χ3v) is 4.31. The summed E-state index contributed by atoms with van der Waals surface area (Å²) in [6, 6.07) is 8.17. The molecule has 1 saturated heterocycles. The fourth-order valence-corrected chi connectivity index (χ4v) is 2.71. The van der Waals surface area contributed by atoms with Gasteiger partial charge in [0.1, 0.15) is 12.4 Å². The third-order valence-electron chi connectivity index (χ3n) is 4.31. The lowest BCUT2D eigenvalue weighted by atomic mass is 10.2. The van der Waals surface area contributed by atoms with E-state index in [9.17, 15) is 4.79 Å². The first-order valence-electron chi connectivity index (χ1n) is 7.93. The van der Waals surface area contributed by atoms with Crippen molar-refractivity contribution in [2.45, 2.75) is 19.8 Å². The zero-order chi connectivity index (χ0) is 14.7. The molecule has 4 heteroatoms. The van der Waals surface area contributed by atoms with E-state index >= 15 is 0 Å². The van der Waals surface area contributed by atoms with Crippen molar-refractivity contribution < 1.29 is 9.53 Å². The molecule has 1 amide bonds. The summed E-state index contributed by atoms with van der Waals surface area (Å²) in [6.07, 6.45) is 2.20. The molecule has 3 rings (SSSR count). The van der Waals surface area contributed by atoms with E-state index in [1.807, 2.05) is 17.0 Å². The second kappa shape index (κ2) is 6.48. The Morgan fingerprint density at radius 3 is 2.43 bits per heavy atom. The van der Waals surface area contributed by atoms with Gasteiger partial charge in [-0.1, -0.05) is 17.7 Å². The number of nitrogens with zero attached hydrogens (tertiary/aromatic N) is 2. The number of rotatable bonds is 5. The molecule has 2 fully saturated rings. The van der Waals surface area contributed by atoms with E-state index < -0.39 is 0 Å². The number of aryl methyl sites for hydroxylation is 1. The quantitative estimate of drug-likeness (QED) is 0.830. The Morgan fingerprint density at radius 2 is 1.81 bits per heavy atom. The van der Waals surface area contributed by atoms with Crippen LogP contribution in [-0.2, 0) is 4.79 Å². The van der Waals surface area contributed by atoms with Crippen molar-refractivity contribution in [1.82, 2.24) is 9.80 Å². The fraction of sp³-hybridized carbons (Fsp3) is 0.588. The van der Waals surface area contributed by atoms with E-state index in [0.717, 1.165) is 51.3 Å². The summed E-state index contributed by atoms with van der Waals surface area (Å²) in [5.41, 5.74) is 1.25. The Labute approximate surface area is 126 Å². The molecule has 0 radical (unpaired) electrons. The van der Waals surface area contributed by atoms with Crippen LogP contribution in [0.25, 0.3) is 0 Å². The predicted octanol–water partition coefficient (Wildman–Crippen LogP) is 1.93. The minimum atomic E-state index is 0.349. The number of amides is 1. The maximum Gasteiger partial charge on any atom is 0.225 e. The zero-order valence-corrected chi connectivity index (χ0v) is 12.8. The van der Waals surface area contributed by atoms with Crippen LogP contribution in [0.4, 0.5) is 0 Å². The van der Waals surface area contributed by atoms with Crippen LogP contribution in [-0.4, -0.2) is 55.0 Å². The molecule has 0 aromatic heterocycles. The largest absolute Gasteiger partial charge is 0.492 e. The maximum absolute atomic E-state index is 12.0. The number of hydrogen-bond donors (Lipinski definition) is 0. The predicted molar refractivity (Wildman–Crippen MR) is 82.4 cm³/mol. The molecule has 0 bridgehead atoms. The van der Waals surface area contributed by atoms with Crippen molar-refractivity contribution in [2.24, 2.45) is 5.92 Å². The summed E-state index contributed by atoms with van der Waals surface area (Å²) in [5, 5.41) is 0. The first kappa shape index (κ1) is 14.4. The van der Waals surface area contributed by atoms with Crippen LogP contribution in [0.1, 0.15) is 18.4 Å². The molecule has 0 atom stereocenters. The molecular formula is C17H24N2O2. The summed E-state index contributed by atoms with van der Waals surface area (Å²) >= 11 is 0. The average Bonchev–Trinajstić information content (AvgIpc) is 3.34. The second-order valence-corrected chi connectivity index (χ2v) is 6.10. The molecule has 1 aromatic carbocycles. The number of ether oxygens (including phenoxy) is 1. The summed E-state index contributed by atoms with van der Waals surface area (Å²) in [6.45, 7) is 7.40. The van der Waals surface area contributed by atoms with E-state index in [1.165, 1.54) is 5.56 Å².